The van der Waals surface area contributed by atoms with Crippen LogP contribution in [0.4, 0.5) is 10.2 Å². The molecule has 0 unspecified atom stereocenters. The number of piperazine rings is 1. The number of aromatic nitrogens is 5. The molecule has 50 heavy (non-hydrogen) atoms. The average Bonchev–Trinajstić information content (AvgIpc) is 3.85. The number of carbonyl (C=O) groups is 2. The third-order valence-corrected chi connectivity index (χ3v) is 9.56. The van der Waals surface area contributed by atoms with Gasteiger partial charge in [-0.25, -0.2) is 9.37 Å². The molecule has 2 aromatic carbocycles. The summed E-state index contributed by atoms with van der Waals surface area (Å²) in [6, 6.07) is 12.5. The number of para-hydroxylation sites is 1. The Kier molecular flexibility index (Phi) is 9.40. The van der Waals surface area contributed by atoms with E-state index in [0.29, 0.717) is 89.9 Å². The Morgan fingerprint density at radius 3 is 2.56 bits per heavy atom. The quantitative estimate of drug-likeness (QED) is 0.220. The number of hydrogen-bond acceptors (Lipinski definition) is 8. The molecule has 0 radical (unpaired) electrons. The second kappa shape index (κ2) is 14.2. The third kappa shape index (κ3) is 6.36. The Morgan fingerprint density at radius 2 is 1.80 bits per heavy atom. The Hall–Kier alpha value is -5.43. The first kappa shape index (κ1) is 33.1. The molecule has 0 atom stereocenters. The van der Waals surface area contributed by atoms with Crippen molar-refractivity contribution in [1.82, 2.24) is 34.8 Å². The van der Waals surface area contributed by atoms with Crippen molar-refractivity contribution in [1.29, 1.82) is 0 Å². The van der Waals surface area contributed by atoms with Crippen LogP contribution < -0.4 is 14.4 Å². The number of nitrogens with one attached hydrogen (secondary N) is 1. The van der Waals surface area contributed by atoms with Crippen molar-refractivity contribution in [2.45, 2.75) is 19.4 Å². The van der Waals surface area contributed by atoms with E-state index in [0.717, 1.165) is 5.82 Å². The summed E-state index contributed by atoms with van der Waals surface area (Å²) in [6.07, 6.45) is 7.78. The van der Waals surface area contributed by atoms with E-state index in [1.54, 1.807) is 64.4 Å². The predicted molar refractivity (Wildman–Crippen MR) is 188 cm³/mol. The summed E-state index contributed by atoms with van der Waals surface area (Å²) in [5.74, 6) is 1.05. The lowest BCUT2D eigenvalue weighted by Gasteiger charge is -2.35. The van der Waals surface area contributed by atoms with E-state index in [4.69, 9.17) is 21.1 Å². The number of fused-ring (bicyclic) bond motifs is 1. The van der Waals surface area contributed by atoms with Gasteiger partial charge < -0.3 is 29.2 Å². The van der Waals surface area contributed by atoms with E-state index in [1.807, 2.05) is 24.3 Å². The molecule has 0 saturated carbocycles. The van der Waals surface area contributed by atoms with Crippen molar-refractivity contribution >= 4 is 45.7 Å². The lowest BCUT2D eigenvalue weighted by atomic mass is 9.92. The van der Waals surface area contributed by atoms with Gasteiger partial charge in [0.15, 0.2) is 17.4 Å². The van der Waals surface area contributed by atoms with Gasteiger partial charge in [0.2, 0.25) is 5.91 Å². The summed E-state index contributed by atoms with van der Waals surface area (Å²) >= 11 is 6.55. The fraction of sp³-hybridized carbons (Fsp3) is 0.306. The fourth-order valence-electron chi connectivity index (χ4n) is 6.70. The number of nitrogens with zero attached hydrogens (tertiary/aromatic N) is 7. The summed E-state index contributed by atoms with van der Waals surface area (Å²) in [6.45, 7) is 3.19. The molecule has 2 aliphatic heterocycles. The Balaban J connectivity index is 1.21. The van der Waals surface area contributed by atoms with E-state index in [9.17, 15) is 9.59 Å². The molecule has 1 fully saturated rings. The molecular weight excluding hydrogens is 663 g/mol. The lowest BCUT2D eigenvalue weighted by Crippen LogP contribution is -2.49. The number of halogens is 2. The van der Waals surface area contributed by atoms with Crippen molar-refractivity contribution in [3.05, 3.63) is 89.2 Å². The normalized spacial score (nSPS) is 15.0. The molecular formula is C36H36ClFN8O4. The standard InChI is InChI=1S/C36H36ClFN8O4/c1-49-30-9-4-11-39-35(30)43-16-18-44(19-17-43)36(48)29-21-27-26(24-7-3-8-28(37)34(24)50-2)20-25(32(38)33(27)41-29)23-6-5-13-45(22-23)31(47)10-14-46-15-12-40-42-46/h3-4,6-9,11-12,15,20-21,41H,5,10,13-14,16-19,22H2,1-2H3. The molecule has 2 aliphatic rings. The van der Waals surface area contributed by atoms with Crippen LogP contribution >= 0.6 is 11.6 Å². The van der Waals surface area contributed by atoms with Crippen molar-refractivity contribution < 1.29 is 23.5 Å². The van der Waals surface area contributed by atoms with E-state index in [1.165, 1.54) is 7.11 Å². The van der Waals surface area contributed by atoms with Crippen molar-refractivity contribution in [2.75, 3.05) is 58.4 Å². The molecule has 1 N–H and O–H groups in total. The number of aromatic amines is 1. The molecule has 5 aromatic rings. The highest BCUT2D eigenvalue weighted by Crippen LogP contribution is 2.42. The second-order valence-corrected chi connectivity index (χ2v) is 12.5. The number of benzene rings is 2. The van der Waals surface area contributed by atoms with Gasteiger partial charge in [-0.15, -0.1) is 5.10 Å². The first-order valence-corrected chi connectivity index (χ1v) is 16.8. The fourth-order valence-corrected chi connectivity index (χ4v) is 6.95. The number of methoxy groups -OCH3 is 2. The van der Waals surface area contributed by atoms with Crippen LogP contribution in [0.2, 0.25) is 5.02 Å². The van der Waals surface area contributed by atoms with Crippen LogP contribution in [-0.2, 0) is 11.3 Å². The number of carbonyl (C=O) groups excluding carboxylic acids is 2. The summed E-state index contributed by atoms with van der Waals surface area (Å²) in [5.41, 5.74) is 2.77. The highest BCUT2D eigenvalue weighted by Gasteiger charge is 2.29. The van der Waals surface area contributed by atoms with Gasteiger partial charge in [0.1, 0.15) is 11.4 Å². The third-order valence-electron chi connectivity index (χ3n) is 9.26. The maximum atomic E-state index is 16.7. The largest absolute Gasteiger partial charge is 0.495 e. The molecule has 14 heteroatoms. The summed E-state index contributed by atoms with van der Waals surface area (Å²) in [5, 5.41) is 8.65. The Bertz CT molecular complexity index is 2070. The van der Waals surface area contributed by atoms with E-state index < -0.39 is 5.82 Å². The van der Waals surface area contributed by atoms with Gasteiger partial charge in [0, 0.05) is 74.6 Å². The Morgan fingerprint density at radius 1 is 0.960 bits per heavy atom. The second-order valence-electron chi connectivity index (χ2n) is 12.1. The first-order valence-electron chi connectivity index (χ1n) is 16.4. The maximum absolute atomic E-state index is 16.7. The van der Waals surface area contributed by atoms with Crippen molar-refractivity contribution in [3.8, 4) is 22.6 Å². The summed E-state index contributed by atoms with van der Waals surface area (Å²) in [7, 11) is 3.14. The number of pyridine rings is 1. The SMILES string of the molecule is COc1cccnc1N1CCN(C(=O)c2cc3c(-c4cccc(Cl)c4OC)cc(C4=CCCN(C(=O)CCn5ccnn5)C4)c(F)c3[nH]2)CC1. The predicted octanol–water partition coefficient (Wildman–Crippen LogP) is 5.30. The van der Waals surface area contributed by atoms with Gasteiger partial charge in [-0.05, 0) is 47.9 Å². The lowest BCUT2D eigenvalue weighted by molar-refractivity contribution is -0.131. The average molecular weight is 699 g/mol. The van der Waals surface area contributed by atoms with Crippen LogP contribution in [0.3, 0.4) is 0 Å². The van der Waals surface area contributed by atoms with Gasteiger partial charge in [0.25, 0.3) is 5.91 Å². The number of ether oxygens (including phenoxy) is 2. The minimum Gasteiger partial charge on any atom is -0.495 e. The van der Waals surface area contributed by atoms with Gasteiger partial charge in [0.05, 0.1) is 37.5 Å². The molecule has 3 aromatic heterocycles. The minimum atomic E-state index is -0.501. The molecule has 7 rings (SSSR count). The van der Waals surface area contributed by atoms with Crippen LogP contribution in [0.25, 0.3) is 27.6 Å². The molecule has 0 spiro atoms. The molecule has 258 valence electrons. The number of amides is 2. The monoisotopic (exact) mass is 698 g/mol. The molecule has 0 aliphatic carbocycles. The zero-order valence-corrected chi connectivity index (χ0v) is 28.5. The topological polar surface area (TPSA) is 122 Å². The molecule has 5 heterocycles. The van der Waals surface area contributed by atoms with Gasteiger partial charge in [-0.2, -0.15) is 0 Å². The van der Waals surface area contributed by atoms with E-state index in [-0.39, 0.29) is 36.0 Å². The molecule has 12 nitrogen and oxygen atoms in total. The zero-order chi connectivity index (χ0) is 34.8. The zero-order valence-electron chi connectivity index (χ0n) is 27.7. The number of anilines is 1. The minimum absolute atomic E-state index is 0.0568. The van der Waals surface area contributed by atoms with Gasteiger partial charge in [-0.3, -0.25) is 14.3 Å². The molecule has 0 bridgehead atoms. The highest BCUT2D eigenvalue weighted by molar-refractivity contribution is 6.32. The van der Waals surface area contributed by atoms with Crippen LogP contribution in [-0.4, -0.2) is 100 Å². The summed E-state index contributed by atoms with van der Waals surface area (Å²) < 4.78 is 29.5. The van der Waals surface area contributed by atoms with Crippen LogP contribution in [0.15, 0.2) is 67.1 Å². The molecule has 1 saturated heterocycles. The van der Waals surface area contributed by atoms with Crippen LogP contribution in [0.5, 0.6) is 11.5 Å². The highest BCUT2D eigenvalue weighted by atomic mass is 35.5. The number of aryl methyl sites for hydroxylation is 1. The van der Waals surface area contributed by atoms with Crippen LogP contribution in [0.1, 0.15) is 28.9 Å². The first-order chi connectivity index (χ1) is 24.4. The van der Waals surface area contributed by atoms with E-state index in [2.05, 4.69) is 25.2 Å². The van der Waals surface area contributed by atoms with Gasteiger partial charge in [-0.1, -0.05) is 35.0 Å². The van der Waals surface area contributed by atoms with Crippen molar-refractivity contribution in [3.63, 3.8) is 0 Å². The number of H-pyrrole nitrogens is 1. The van der Waals surface area contributed by atoms with Gasteiger partial charge >= 0.3 is 0 Å². The van der Waals surface area contributed by atoms with Crippen molar-refractivity contribution in [2.24, 2.45) is 0 Å². The number of rotatable bonds is 9. The van der Waals surface area contributed by atoms with E-state index >= 15 is 4.39 Å². The Labute approximate surface area is 293 Å². The maximum Gasteiger partial charge on any atom is 0.270 e. The summed E-state index contributed by atoms with van der Waals surface area (Å²) in [4.78, 5) is 40.3. The van der Waals surface area contributed by atoms with Crippen LogP contribution in [0, 0.1) is 5.82 Å². The smallest absolute Gasteiger partial charge is 0.270 e. The number of hydrogen-bond donors (Lipinski definition) is 1. The molecule has 2 amide bonds.